The molecule has 1 aliphatic heterocycles. The van der Waals surface area contributed by atoms with Crippen molar-refractivity contribution in [1.82, 2.24) is 5.32 Å². The van der Waals surface area contributed by atoms with Gasteiger partial charge in [0.05, 0.1) is 13.2 Å². The monoisotopic (exact) mass is 263 g/mol. The van der Waals surface area contributed by atoms with Gasteiger partial charge in [-0.2, -0.15) is 0 Å². The Labute approximate surface area is 114 Å². The molecule has 0 radical (unpaired) electrons. The number of carbonyl (C=O) groups excluding carboxylic acids is 1. The first kappa shape index (κ1) is 13.9. The molecule has 1 heterocycles. The van der Waals surface area contributed by atoms with Crippen molar-refractivity contribution in [2.45, 2.75) is 38.4 Å². The minimum atomic E-state index is -0.471. The number of rotatable bonds is 4. The molecular formula is C15H21NO3. The lowest BCUT2D eigenvalue weighted by Crippen LogP contribution is -2.39. The molecule has 4 heteroatoms. The summed E-state index contributed by atoms with van der Waals surface area (Å²) in [5.74, 6) is 0. The van der Waals surface area contributed by atoms with Gasteiger partial charge in [0.25, 0.3) is 0 Å². The van der Waals surface area contributed by atoms with Gasteiger partial charge in [-0.05, 0) is 26.3 Å². The SMILES string of the molecule is CC(C)(C)OC(=O)NC[C@]1(Cc2ccccc2)CO1. The first-order valence-corrected chi connectivity index (χ1v) is 6.53. The van der Waals surface area contributed by atoms with Gasteiger partial charge >= 0.3 is 6.09 Å². The Balaban J connectivity index is 1.81. The van der Waals surface area contributed by atoms with Gasteiger partial charge in [-0.25, -0.2) is 4.79 Å². The molecule has 0 spiro atoms. The van der Waals surface area contributed by atoms with E-state index in [-0.39, 0.29) is 5.60 Å². The second kappa shape index (κ2) is 5.21. The van der Waals surface area contributed by atoms with Crippen molar-refractivity contribution < 1.29 is 14.3 Å². The predicted octanol–water partition coefficient (Wildman–Crippen LogP) is 2.52. The lowest BCUT2D eigenvalue weighted by Gasteiger charge is -2.21. The molecule has 1 N–H and O–H groups in total. The molecule has 104 valence electrons. The van der Waals surface area contributed by atoms with Crippen LogP contribution in [0.5, 0.6) is 0 Å². The van der Waals surface area contributed by atoms with Crippen LogP contribution >= 0.6 is 0 Å². The highest BCUT2D eigenvalue weighted by Crippen LogP contribution is 2.30. The van der Waals surface area contributed by atoms with Crippen molar-refractivity contribution in [3.8, 4) is 0 Å². The van der Waals surface area contributed by atoms with Gasteiger partial charge in [-0.1, -0.05) is 30.3 Å². The van der Waals surface area contributed by atoms with Crippen molar-refractivity contribution >= 4 is 6.09 Å². The molecule has 1 amide bonds. The molecule has 4 nitrogen and oxygen atoms in total. The molecule has 19 heavy (non-hydrogen) atoms. The third-order valence-electron chi connectivity index (χ3n) is 2.88. The van der Waals surface area contributed by atoms with E-state index in [0.717, 1.165) is 6.42 Å². The lowest BCUT2D eigenvalue weighted by molar-refractivity contribution is 0.0512. The number of amides is 1. The smallest absolute Gasteiger partial charge is 0.407 e. The Kier molecular flexibility index (Phi) is 3.80. The van der Waals surface area contributed by atoms with Crippen LogP contribution in [0.15, 0.2) is 30.3 Å². The number of carbonyl (C=O) groups is 1. The summed E-state index contributed by atoms with van der Waals surface area (Å²) >= 11 is 0. The fraction of sp³-hybridized carbons (Fsp3) is 0.533. The molecule has 0 saturated carbocycles. The third-order valence-corrected chi connectivity index (χ3v) is 2.88. The number of alkyl carbamates (subject to hydrolysis) is 1. The molecule has 1 fully saturated rings. The third kappa shape index (κ3) is 4.56. The fourth-order valence-corrected chi connectivity index (χ4v) is 1.88. The van der Waals surface area contributed by atoms with Crippen LogP contribution in [0.3, 0.4) is 0 Å². The van der Waals surface area contributed by atoms with E-state index in [0.29, 0.717) is 13.2 Å². The van der Waals surface area contributed by atoms with Crippen molar-refractivity contribution in [3.05, 3.63) is 35.9 Å². The highest BCUT2D eigenvalue weighted by Gasteiger charge is 2.45. The zero-order valence-corrected chi connectivity index (χ0v) is 11.7. The Hall–Kier alpha value is -1.55. The summed E-state index contributed by atoms with van der Waals surface area (Å²) in [6.07, 6.45) is 0.416. The second-order valence-corrected chi connectivity index (χ2v) is 5.99. The van der Waals surface area contributed by atoms with Gasteiger partial charge < -0.3 is 14.8 Å². The number of hydrogen-bond acceptors (Lipinski definition) is 3. The molecule has 1 aliphatic rings. The van der Waals surface area contributed by atoms with Crippen LogP contribution in [0.2, 0.25) is 0 Å². The summed E-state index contributed by atoms with van der Waals surface area (Å²) in [6.45, 7) is 6.70. The average Bonchev–Trinajstić information content (AvgIpc) is 3.06. The van der Waals surface area contributed by atoms with Crippen LogP contribution in [-0.2, 0) is 15.9 Å². The van der Waals surface area contributed by atoms with Gasteiger partial charge in [0.1, 0.15) is 11.2 Å². The quantitative estimate of drug-likeness (QED) is 0.849. The molecule has 0 bridgehead atoms. The second-order valence-electron chi connectivity index (χ2n) is 5.99. The Morgan fingerprint density at radius 3 is 2.53 bits per heavy atom. The molecule has 1 aromatic rings. The molecule has 1 atom stereocenters. The largest absolute Gasteiger partial charge is 0.444 e. The standard InChI is InChI=1S/C15H21NO3/c1-14(2,3)19-13(17)16-10-15(11-18-15)9-12-7-5-4-6-8-12/h4-8H,9-11H2,1-3H3,(H,16,17)/t15-/m1/s1. The van der Waals surface area contributed by atoms with E-state index in [1.54, 1.807) is 0 Å². The van der Waals surface area contributed by atoms with Crippen molar-refractivity contribution in [2.75, 3.05) is 13.2 Å². The lowest BCUT2D eigenvalue weighted by atomic mass is 10.0. The summed E-state index contributed by atoms with van der Waals surface area (Å²) in [7, 11) is 0. The number of benzene rings is 1. The summed E-state index contributed by atoms with van der Waals surface area (Å²) in [5.41, 5.74) is 0.491. The van der Waals surface area contributed by atoms with Gasteiger partial charge in [0.2, 0.25) is 0 Å². The van der Waals surface area contributed by atoms with E-state index in [9.17, 15) is 4.79 Å². The van der Waals surface area contributed by atoms with Crippen molar-refractivity contribution in [2.24, 2.45) is 0 Å². The maximum Gasteiger partial charge on any atom is 0.407 e. The molecule has 0 aromatic heterocycles. The Bertz CT molecular complexity index is 432. The molecule has 1 saturated heterocycles. The van der Waals surface area contributed by atoms with Crippen molar-refractivity contribution in [1.29, 1.82) is 0 Å². The topological polar surface area (TPSA) is 50.9 Å². The highest BCUT2D eigenvalue weighted by molar-refractivity contribution is 5.67. The number of hydrogen-bond donors (Lipinski definition) is 1. The summed E-state index contributed by atoms with van der Waals surface area (Å²) in [6, 6.07) is 10.1. The number of ether oxygens (including phenoxy) is 2. The molecule has 0 aliphatic carbocycles. The average molecular weight is 263 g/mol. The van der Waals surface area contributed by atoms with E-state index in [2.05, 4.69) is 17.4 Å². The number of nitrogens with one attached hydrogen (secondary N) is 1. The summed E-state index contributed by atoms with van der Waals surface area (Å²) < 4.78 is 10.7. The van der Waals surface area contributed by atoms with Gasteiger partial charge in [0.15, 0.2) is 0 Å². The molecule has 1 aromatic carbocycles. The van der Waals surface area contributed by atoms with Crippen LogP contribution in [-0.4, -0.2) is 30.4 Å². The summed E-state index contributed by atoms with van der Waals surface area (Å²) in [4.78, 5) is 11.6. The molecular weight excluding hydrogens is 242 g/mol. The maximum atomic E-state index is 11.6. The maximum absolute atomic E-state index is 11.6. The van der Waals surface area contributed by atoms with E-state index in [4.69, 9.17) is 9.47 Å². The van der Waals surface area contributed by atoms with Gasteiger partial charge in [0, 0.05) is 6.42 Å². The zero-order valence-electron chi connectivity index (χ0n) is 11.7. The van der Waals surface area contributed by atoms with E-state index < -0.39 is 11.7 Å². The first-order chi connectivity index (χ1) is 8.89. The molecule has 2 rings (SSSR count). The van der Waals surface area contributed by atoms with E-state index in [1.807, 2.05) is 39.0 Å². The van der Waals surface area contributed by atoms with Gasteiger partial charge in [-0.3, -0.25) is 0 Å². The summed E-state index contributed by atoms with van der Waals surface area (Å²) in [5, 5.41) is 2.78. The normalized spacial score (nSPS) is 21.8. The van der Waals surface area contributed by atoms with Gasteiger partial charge in [-0.15, -0.1) is 0 Å². The fourth-order valence-electron chi connectivity index (χ4n) is 1.88. The Morgan fingerprint density at radius 2 is 2.00 bits per heavy atom. The zero-order chi connectivity index (χ0) is 13.9. The van der Waals surface area contributed by atoms with Crippen LogP contribution < -0.4 is 5.32 Å². The van der Waals surface area contributed by atoms with Crippen LogP contribution in [0.25, 0.3) is 0 Å². The first-order valence-electron chi connectivity index (χ1n) is 6.53. The Morgan fingerprint density at radius 1 is 1.37 bits per heavy atom. The minimum Gasteiger partial charge on any atom is -0.444 e. The van der Waals surface area contributed by atoms with Crippen LogP contribution in [0.4, 0.5) is 4.79 Å². The predicted molar refractivity (Wildman–Crippen MR) is 73.1 cm³/mol. The number of epoxide rings is 1. The van der Waals surface area contributed by atoms with Crippen LogP contribution in [0, 0.1) is 0 Å². The van der Waals surface area contributed by atoms with E-state index >= 15 is 0 Å². The van der Waals surface area contributed by atoms with Crippen molar-refractivity contribution in [3.63, 3.8) is 0 Å². The minimum absolute atomic E-state index is 0.252. The molecule has 0 unspecified atom stereocenters. The van der Waals surface area contributed by atoms with Crippen LogP contribution in [0.1, 0.15) is 26.3 Å². The van der Waals surface area contributed by atoms with E-state index in [1.165, 1.54) is 5.56 Å². The highest BCUT2D eigenvalue weighted by atomic mass is 16.6.